The Balaban J connectivity index is 2.96. The first kappa shape index (κ1) is 20.4. The number of amides is 1. The molecule has 0 aliphatic heterocycles. The summed E-state index contributed by atoms with van der Waals surface area (Å²) in [7, 11) is 0. The molecule has 1 N–H and O–H groups in total. The molecule has 1 rings (SSSR count). The normalized spacial score (nSPS) is 11.8. The van der Waals surface area contributed by atoms with Crippen LogP contribution in [0, 0.1) is 11.8 Å². The van der Waals surface area contributed by atoms with Gasteiger partial charge in [-0.15, -0.1) is 0 Å². The number of carbonyl (C=O) groups excluding carboxylic acids is 1. The van der Waals surface area contributed by atoms with Crippen LogP contribution >= 0.6 is 0 Å². The standard InChI is InChI=1S/C19H32N2O3/c1-7-23-17-10-9-16(13-20-17)21-18(22)19(24-8-2,11-14(3)4)12-15(5)6/h9-10,13-15H,7-8,11-12H2,1-6H3,(H,21,22). The van der Waals surface area contributed by atoms with Crippen LogP contribution in [0.25, 0.3) is 0 Å². The fourth-order valence-corrected chi connectivity index (χ4v) is 2.98. The van der Waals surface area contributed by atoms with Gasteiger partial charge in [0.15, 0.2) is 0 Å². The van der Waals surface area contributed by atoms with Gasteiger partial charge >= 0.3 is 0 Å². The van der Waals surface area contributed by atoms with Crippen LogP contribution in [0.5, 0.6) is 5.88 Å². The van der Waals surface area contributed by atoms with Crippen molar-refractivity contribution >= 4 is 11.6 Å². The Bertz CT molecular complexity index is 488. The number of rotatable bonds is 10. The number of nitrogens with zero attached hydrogens (tertiary/aromatic N) is 1. The van der Waals surface area contributed by atoms with Crippen LogP contribution < -0.4 is 10.1 Å². The molecular weight excluding hydrogens is 304 g/mol. The van der Waals surface area contributed by atoms with Gasteiger partial charge in [0.25, 0.3) is 5.91 Å². The van der Waals surface area contributed by atoms with E-state index < -0.39 is 5.60 Å². The maximum absolute atomic E-state index is 13.0. The summed E-state index contributed by atoms with van der Waals surface area (Å²) in [6.07, 6.45) is 3.00. The van der Waals surface area contributed by atoms with Gasteiger partial charge in [-0.1, -0.05) is 27.7 Å². The van der Waals surface area contributed by atoms with E-state index in [1.54, 1.807) is 18.3 Å². The molecule has 24 heavy (non-hydrogen) atoms. The van der Waals surface area contributed by atoms with Crippen molar-refractivity contribution < 1.29 is 14.3 Å². The van der Waals surface area contributed by atoms with E-state index in [9.17, 15) is 4.79 Å². The Morgan fingerprint density at radius 3 is 2.17 bits per heavy atom. The molecule has 0 aliphatic rings. The molecular formula is C19H32N2O3. The number of ether oxygens (including phenoxy) is 2. The number of anilines is 1. The summed E-state index contributed by atoms with van der Waals surface area (Å²) >= 11 is 0. The third-order valence-corrected chi connectivity index (χ3v) is 3.60. The Morgan fingerprint density at radius 2 is 1.75 bits per heavy atom. The molecule has 0 fully saturated rings. The molecule has 1 aromatic heterocycles. The summed E-state index contributed by atoms with van der Waals surface area (Å²) in [5, 5.41) is 2.97. The van der Waals surface area contributed by atoms with Crippen LogP contribution in [0.2, 0.25) is 0 Å². The summed E-state index contributed by atoms with van der Waals surface area (Å²) in [6, 6.07) is 3.56. The number of hydrogen-bond acceptors (Lipinski definition) is 4. The smallest absolute Gasteiger partial charge is 0.256 e. The molecule has 0 unspecified atom stereocenters. The third kappa shape index (κ3) is 6.11. The fourth-order valence-electron chi connectivity index (χ4n) is 2.98. The highest BCUT2D eigenvalue weighted by Crippen LogP contribution is 2.30. The highest BCUT2D eigenvalue weighted by atomic mass is 16.5. The van der Waals surface area contributed by atoms with Gasteiger partial charge in [0.05, 0.1) is 18.5 Å². The largest absolute Gasteiger partial charge is 0.478 e. The Hall–Kier alpha value is -1.62. The molecule has 1 aromatic rings. The lowest BCUT2D eigenvalue weighted by Gasteiger charge is -2.35. The van der Waals surface area contributed by atoms with Gasteiger partial charge in [0.2, 0.25) is 5.88 Å². The number of aromatic nitrogens is 1. The summed E-state index contributed by atoms with van der Waals surface area (Å²) in [5.74, 6) is 1.17. The minimum absolute atomic E-state index is 0.0993. The SMILES string of the molecule is CCOc1ccc(NC(=O)C(CC(C)C)(CC(C)C)OCC)cn1. The molecule has 0 aliphatic carbocycles. The van der Waals surface area contributed by atoms with Crippen molar-refractivity contribution in [1.82, 2.24) is 4.98 Å². The van der Waals surface area contributed by atoms with E-state index in [1.165, 1.54) is 0 Å². The van der Waals surface area contributed by atoms with Crippen molar-refractivity contribution in [3.8, 4) is 5.88 Å². The summed E-state index contributed by atoms with van der Waals surface area (Å²) in [4.78, 5) is 17.2. The topological polar surface area (TPSA) is 60.5 Å². The Morgan fingerprint density at radius 1 is 1.12 bits per heavy atom. The first-order valence-electron chi connectivity index (χ1n) is 8.87. The lowest BCUT2D eigenvalue weighted by atomic mass is 9.83. The average Bonchev–Trinajstić information content (AvgIpc) is 2.48. The van der Waals surface area contributed by atoms with Crippen LogP contribution in [-0.2, 0) is 9.53 Å². The van der Waals surface area contributed by atoms with Gasteiger partial charge in [-0.2, -0.15) is 0 Å². The molecule has 1 amide bonds. The first-order chi connectivity index (χ1) is 11.3. The molecule has 0 saturated carbocycles. The zero-order chi connectivity index (χ0) is 18.2. The highest BCUT2D eigenvalue weighted by Gasteiger charge is 2.40. The van der Waals surface area contributed by atoms with Crippen molar-refractivity contribution in [3.05, 3.63) is 18.3 Å². The monoisotopic (exact) mass is 336 g/mol. The van der Waals surface area contributed by atoms with E-state index in [0.29, 0.717) is 49.5 Å². The Kier molecular flexibility index (Phi) is 8.19. The minimum Gasteiger partial charge on any atom is -0.478 e. The Labute approximate surface area is 146 Å². The van der Waals surface area contributed by atoms with Gasteiger partial charge in [0, 0.05) is 12.7 Å². The van der Waals surface area contributed by atoms with Crippen molar-refractivity contribution in [2.24, 2.45) is 11.8 Å². The van der Waals surface area contributed by atoms with Gasteiger partial charge in [-0.25, -0.2) is 4.98 Å². The minimum atomic E-state index is -0.810. The van der Waals surface area contributed by atoms with Crippen molar-refractivity contribution in [2.75, 3.05) is 18.5 Å². The quantitative estimate of drug-likeness (QED) is 0.692. The second-order valence-corrected chi connectivity index (χ2v) is 6.90. The number of nitrogens with one attached hydrogen (secondary N) is 1. The molecule has 5 nitrogen and oxygen atoms in total. The predicted octanol–water partition coefficient (Wildman–Crippen LogP) is 4.29. The lowest BCUT2D eigenvalue weighted by Crippen LogP contribution is -2.47. The lowest BCUT2D eigenvalue weighted by molar-refractivity contribution is -0.146. The zero-order valence-corrected chi connectivity index (χ0v) is 15.9. The molecule has 0 atom stereocenters. The van der Waals surface area contributed by atoms with Crippen LogP contribution in [-0.4, -0.2) is 29.7 Å². The molecule has 5 heteroatoms. The summed E-state index contributed by atoms with van der Waals surface area (Å²) < 4.78 is 11.3. The zero-order valence-electron chi connectivity index (χ0n) is 15.9. The second-order valence-electron chi connectivity index (χ2n) is 6.90. The fraction of sp³-hybridized carbons (Fsp3) is 0.684. The van der Waals surface area contributed by atoms with Crippen LogP contribution in [0.15, 0.2) is 18.3 Å². The van der Waals surface area contributed by atoms with Crippen molar-refractivity contribution in [2.45, 2.75) is 60.0 Å². The molecule has 1 heterocycles. The number of pyridine rings is 1. The van der Waals surface area contributed by atoms with Gasteiger partial charge in [0.1, 0.15) is 5.60 Å². The first-order valence-corrected chi connectivity index (χ1v) is 8.87. The van der Waals surface area contributed by atoms with Crippen molar-refractivity contribution in [3.63, 3.8) is 0 Å². The van der Waals surface area contributed by atoms with E-state index in [0.717, 1.165) is 0 Å². The van der Waals surface area contributed by atoms with Gasteiger partial charge < -0.3 is 14.8 Å². The molecule has 0 saturated heterocycles. The molecule has 0 radical (unpaired) electrons. The number of carbonyl (C=O) groups is 1. The van der Waals surface area contributed by atoms with E-state index in [-0.39, 0.29) is 5.91 Å². The average molecular weight is 336 g/mol. The molecule has 0 spiro atoms. The van der Waals surface area contributed by atoms with E-state index in [2.05, 4.69) is 38.0 Å². The highest BCUT2D eigenvalue weighted by molar-refractivity contribution is 5.97. The van der Waals surface area contributed by atoms with Gasteiger partial charge in [-0.3, -0.25) is 4.79 Å². The maximum Gasteiger partial charge on any atom is 0.256 e. The second kappa shape index (κ2) is 9.62. The summed E-state index contributed by atoms with van der Waals surface area (Å²) in [6.45, 7) is 13.4. The van der Waals surface area contributed by atoms with Crippen LogP contribution in [0.3, 0.4) is 0 Å². The maximum atomic E-state index is 13.0. The van der Waals surface area contributed by atoms with Gasteiger partial charge in [-0.05, 0) is 44.6 Å². The van der Waals surface area contributed by atoms with Crippen molar-refractivity contribution in [1.29, 1.82) is 0 Å². The van der Waals surface area contributed by atoms with Crippen LogP contribution in [0.4, 0.5) is 5.69 Å². The van der Waals surface area contributed by atoms with E-state index >= 15 is 0 Å². The van der Waals surface area contributed by atoms with E-state index in [4.69, 9.17) is 9.47 Å². The van der Waals surface area contributed by atoms with Crippen LogP contribution in [0.1, 0.15) is 54.4 Å². The predicted molar refractivity (Wildman–Crippen MR) is 97.3 cm³/mol. The summed E-state index contributed by atoms with van der Waals surface area (Å²) in [5.41, 5.74) is -0.157. The van der Waals surface area contributed by atoms with E-state index in [1.807, 2.05) is 13.8 Å². The molecule has 0 bridgehead atoms. The molecule has 136 valence electrons. The number of hydrogen-bond donors (Lipinski definition) is 1. The molecule has 0 aromatic carbocycles. The third-order valence-electron chi connectivity index (χ3n) is 3.60.